The summed E-state index contributed by atoms with van der Waals surface area (Å²) in [6, 6.07) is 4.90. The maximum absolute atomic E-state index is 11.5. The fraction of sp³-hybridized carbons (Fsp3) is 0.750. The van der Waals surface area contributed by atoms with Gasteiger partial charge in [-0.2, -0.15) is 8.42 Å². The minimum absolute atomic E-state index is 0.147. The number of para-hydroxylation sites is 1. The van der Waals surface area contributed by atoms with Gasteiger partial charge in [-0.25, -0.2) is 0 Å². The van der Waals surface area contributed by atoms with Gasteiger partial charge in [-0.3, -0.25) is 4.55 Å². The summed E-state index contributed by atoms with van der Waals surface area (Å²) in [5.74, 6) is 0.265. The lowest BCUT2D eigenvalue weighted by Crippen LogP contribution is -2.02. The maximum atomic E-state index is 11.5. The van der Waals surface area contributed by atoms with Gasteiger partial charge in [-0.05, 0) is 24.5 Å². The third kappa shape index (κ3) is 12.5. The molecule has 0 heterocycles. The zero-order valence-electron chi connectivity index (χ0n) is 18.7. The number of unbranched alkanes of at least 4 members (excludes halogenated alkanes) is 15. The maximum Gasteiger partial charge on any atom is 0.298 e. The van der Waals surface area contributed by atoms with Crippen LogP contribution < -0.4 is 3.07 Å². The van der Waals surface area contributed by atoms with Crippen molar-refractivity contribution in [1.82, 2.24) is 0 Å². The standard InChI is InChI=1S/C24H41IO4S/c1-2-3-4-5-6-7-8-9-10-11-12-13-14-15-16-17-19-22-20-18-21-23(24(22)29-25)30(26,27)28/h18,20-21H,2-17,19H2,1H3,(H,26,27,28). The number of hydrogen-bond acceptors (Lipinski definition) is 3. The lowest BCUT2D eigenvalue weighted by atomic mass is 10.0. The monoisotopic (exact) mass is 552 g/mol. The van der Waals surface area contributed by atoms with Crippen molar-refractivity contribution in [3.63, 3.8) is 0 Å². The SMILES string of the molecule is CCCCCCCCCCCCCCCCCCc1cccc(S(=O)(=O)O)c1OI. The van der Waals surface area contributed by atoms with Crippen molar-refractivity contribution in [2.75, 3.05) is 0 Å². The van der Waals surface area contributed by atoms with Gasteiger partial charge in [0.2, 0.25) is 0 Å². The second-order valence-corrected chi connectivity index (χ2v) is 10.2. The molecule has 0 fully saturated rings. The third-order valence-corrected chi connectivity index (χ3v) is 7.03. The first kappa shape index (κ1) is 27.7. The van der Waals surface area contributed by atoms with E-state index in [1.54, 1.807) is 29.1 Å². The summed E-state index contributed by atoms with van der Waals surface area (Å²) in [6.45, 7) is 2.27. The van der Waals surface area contributed by atoms with Gasteiger partial charge >= 0.3 is 0 Å². The minimum Gasteiger partial charge on any atom is -0.426 e. The zero-order chi connectivity index (χ0) is 22.1. The summed E-state index contributed by atoms with van der Waals surface area (Å²) < 4.78 is 37.5. The molecule has 0 unspecified atom stereocenters. The van der Waals surface area contributed by atoms with Crippen molar-refractivity contribution in [3.8, 4) is 5.75 Å². The van der Waals surface area contributed by atoms with Gasteiger partial charge in [0.15, 0.2) is 28.8 Å². The quantitative estimate of drug-likeness (QED) is 0.106. The molecule has 0 amide bonds. The minimum atomic E-state index is -4.26. The van der Waals surface area contributed by atoms with E-state index in [4.69, 9.17) is 3.07 Å². The van der Waals surface area contributed by atoms with Crippen molar-refractivity contribution < 1.29 is 16.0 Å². The van der Waals surface area contributed by atoms with Crippen molar-refractivity contribution in [3.05, 3.63) is 23.8 Å². The third-order valence-electron chi connectivity index (χ3n) is 5.72. The molecule has 0 radical (unpaired) electrons. The van der Waals surface area contributed by atoms with Crippen LogP contribution in [0.5, 0.6) is 5.75 Å². The van der Waals surface area contributed by atoms with E-state index in [-0.39, 0.29) is 10.6 Å². The smallest absolute Gasteiger partial charge is 0.298 e. The Morgan fingerprint density at radius 3 is 1.60 bits per heavy atom. The highest BCUT2D eigenvalue weighted by molar-refractivity contribution is 14.1. The first-order valence-corrected chi connectivity index (χ1v) is 14.2. The second-order valence-electron chi connectivity index (χ2n) is 8.35. The Labute approximate surface area is 199 Å². The summed E-state index contributed by atoms with van der Waals surface area (Å²) in [6.07, 6.45) is 22.0. The van der Waals surface area contributed by atoms with Crippen molar-refractivity contribution in [1.29, 1.82) is 0 Å². The molecule has 4 nitrogen and oxygen atoms in total. The van der Waals surface area contributed by atoms with E-state index < -0.39 is 10.1 Å². The summed E-state index contributed by atoms with van der Waals surface area (Å²) >= 11 is 1.67. The Morgan fingerprint density at radius 1 is 0.767 bits per heavy atom. The van der Waals surface area contributed by atoms with E-state index in [0.717, 1.165) is 24.8 Å². The van der Waals surface area contributed by atoms with E-state index in [0.29, 0.717) is 0 Å². The average Bonchev–Trinajstić information content (AvgIpc) is 2.72. The number of rotatable bonds is 19. The van der Waals surface area contributed by atoms with E-state index in [2.05, 4.69) is 6.92 Å². The molecular weight excluding hydrogens is 511 g/mol. The predicted molar refractivity (Wildman–Crippen MR) is 134 cm³/mol. The molecule has 0 bridgehead atoms. The molecule has 1 aromatic rings. The largest absolute Gasteiger partial charge is 0.426 e. The lowest BCUT2D eigenvalue weighted by Gasteiger charge is -2.10. The molecule has 0 atom stereocenters. The van der Waals surface area contributed by atoms with Gasteiger partial charge in [0.1, 0.15) is 4.90 Å². The van der Waals surface area contributed by atoms with E-state index in [1.807, 2.05) is 6.07 Å². The number of aryl methyl sites for hydroxylation is 1. The van der Waals surface area contributed by atoms with Crippen LogP contribution in [0.3, 0.4) is 0 Å². The van der Waals surface area contributed by atoms with Gasteiger partial charge in [0.25, 0.3) is 10.1 Å². The first-order valence-electron chi connectivity index (χ1n) is 11.9. The van der Waals surface area contributed by atoms with E-state index in [1.165, 1.54) is 96.0 Å². The van der Waals surface area contributed by atoms with Crippen LogP contribution in [-0.4, -0.2) is 13.0 Å². The van der Waals surface area contributed by atoms with Gasteiger partial charge < -0.3 is 3.07 Å². The van der Waals surface area contributed by atoms with Crippen molar-refractivity contribution in [2.45, 2.75) is 121 Å². The highest BCUT2D eigenvalue weighted by Crippen LogP contribution is 2.31. The van der Waals surface area contributed by atoms with Crippen LogP contribution in [0.1, 0.15) is 115 Å². The number of benzene rings is 1. The van der Waals surface area contributed by atoms with Crippen LogP contribution in [0, 0.1) is 0 Å². The molecule has 1 rings (SSSR count). The van der Waals surface area contributed by atoms with Crippen molar-refractivity contribution >= 4 is 33.1 Å². The fourth-order valence-electron chi connectivity index (χ4n) is 3.91. The second kappa shape index (κ2) is 17.2. The van der Waals surface area contributed by atoms with Crippen LogP contribution in [0.2, 0.25) is 0 Å². The molecule has 1 N–H and O–H groups in total. The lowest BCUT2D eigenvalue weighted by molar-refractivity contribution is 0.479. The summed E-state index contributed by atoms with van der Waals surface area (Å²) in [4.78, 5) is -0.147. The topological polar surface area (TPSA) is 63.6 Å². The number of halogens is 1. The molecular formula is C24H41IO4S. The molecule has 0 aliphatic heterocycles. The molecule has 30 heavy (non-hydrogen) atoms. The average molecular weight is 553 g/mol. The van der Waals surface area contributed by atoms with Crippen LogP contribution >= 0.6 is 23.0 Å². The van der Waals surface area contributed by atoms with E-state index >= 15 is 0 Å². The fourth-order valence-corrected chi connectivity index (χ4v) is 5.24. The highest BCUT2D eigenvalue weighted by Gasteiger charge is 2.19. The Hall–Kier alpha value is -0.340. The Balaban J connectivity index is 2.02. The van der Waals surface area contributed by atoms with E-state index in [9.17, 15) is 13.0 Å². The molecule has 0 aromatic heterocycles. The molecule has 0 saturated heterocycles. The Bertz CT molecular complexity index is 661. The van der Waals surface area contributed by atoms with Crippen LogP contribution in [0.4, 0.5) is 0 Å². The van der Waals surface area contributed by atoms with Gasteiger partial charge in [0.05, 0.1) is 0 Å². The number of hydrogen-bond donors (Lipinski definition) is 1. The summed E-state index contributed by atoms with van der Waals surface area (Å²) in [5, 5.41) is 0. The normalized spacial score (nSPS) is 11.7. The predicted octanol–water partition coefficient (Wildman–Crippen LogP) is 8.47. The van der Waals surface area contributed by atoms with Crippen LogP contribution in [0.15, 0.2) is 23.1 Å². The molecule has 0 saturated carbocycles. The first-order chi connectivity index (χ1) is 14.5. The summed E-state index contributed by atoms with van der Waals surface area (Å²) in [7, 11) is -4.26. The molecule has 1 aromatic carbocycles. The Kier molecular flexibility index (Phi) is 15.9. The molecule has 0 aliphatic rings. The molecule has 0 spiro atoms. The van der Waals surface area contributed by atoms with Crippen molar-refractivity contribution in [2.24, 2.45) is 0 Å². The molecule has 174 valence electrons. The zero-order valence-corrected chi connectivity index (χ0v) is 21.7. The van der Waals surface area contributed by atoms with Gasteiger partial charge in [0, 0.05) is 0 Å². The highest BCUT2D eigenvalue weighted by atomic mass is 127. The Morgan fingerprint density at radius 2 is 1.20 bits per heavy atom. The molecule has 6 heteroatoms. The summed E-state index contributed by atoms with van der Waals surface area (Å²) in [5.41, 5.74) is 0.838. The van der Waals surface area contributed by atoms with Crippen LogP contribution in [0.25, 0.3) is 0 Å². The van der Waals surface area contributed by atoms with Gasteiger partial charge in [-0.15, -0.1) is 0 Å². The van der Waals surface area contributed by atoms with Crippen LogP contribution in [-0.2, 0) is 16.5 Å². The molecule has 0 aliphatic carbocycles. The van der Waals surface area contributed by atoms with Gasteiger partial charge in [-0.1, -0.05) is 115 Å².